The smallest absolute Gasteiger partial charge is 0.268 e. The number of fused-ring (bicyclic) bond motifs is 1. The molecule has 0 radical (unpaired) electrons. The van der Waals surface area contributed by atoms with Gasteiger partial charge in [0.05, 0.1) is 16.1 Å². The third-order valence-corrected chi connectivity index (χ3v) is 3.88. The Morgan fingerprint density at radius 1 is 1.50 bits per heavy atom. The minimum atomic E-state index is 0.0858. The van der Waals surface area contributed by atoms with Gasteiger partial charge in [0.15, 0.2) is 0 Å². The number of aromatic nitrogens is 1. The molecule has 16 heavy (non-hydrogen) atoms. The summed E-state index contributed by atoms with van der Waals surface area (Å²) >= 11 is 1.51. The van der Waals surface area contributed by atoms with Gasteiger partial charge in [-0.1, -0.05) is 30.6 Å². The van der Waals surface area contributed by atoms with Crippen LogP contribution in [0, 0.1) is 12.3 Å². The highest BCUT2D eigenvalue weighted by Crippen LogP contribution is 2.22. The van der Waals surface area contributed by atoms with Crippen LogP contribution in [0.5, 0.6) is 0 Å². The number of rotatable bonds is 3. The summed E-state index contributed by atoms with van der Waals surface area (Å²) in [5, 5.41) is 0.794. The van der Waals surface area contributed by atoms with E-state index in [1.165, 1.54) is 11.5 Å². The monoisotopic (exact) mass is 231 g/mol. The van der Waals surface area contributed by atoms with Gasteiger partial charge < -0.3 is 0 Å². The fourth-order valence-corrected chi connectivity index (χ4v) is 2.92. The van der Waals surface area contributed by atoms with Gasteiger partial charge in [0.25, 0.3) is 5.56 Å². The van der Waals surface area contributed by atoms with E-state index in [1.54, 1.807) is 0 Å². The summed E-state index contributed by atoms with van der Waals surface area (Å²) in [5.74, 6) is 2.64. The fourth-order valence-electron chi connectivity index (χ4n) is 1.76. The van der Waals surface area contributed by atoms with Crippen molar-refractivity contribution in [2.24, 2.45) is 0 Å². The third kappa shape index (κ3) is 1.77. The fraction of sp³-hybridized carbons (Fsp3) is 0.308. The van der Waals surface area contributed by atoms with E-state index in [0.717, 1.165) is 16.5 Å². The normalized spacial score (nSPS) is 12.5. The van der Waals surface area contributed by atoms with Crippen LogP contribution in [0.1, 0.15) is 25.8 Å². The Bertz CT molecular complexity index is 588. The van der Waals surface area contributed by atoms with Gasteiger partial charge in [-0.25, -0.2) is 0 Å². The molecule has 1 heterocycles. The second-order valence-corrected chi connectivity index (χ2v) is 4.70. The summed E-state index contributed by atoms with van der Waals surface area (Å²) in [6.45, 7) is 2.05. The van der Waals surface area contributed by atoms with Crippen molar-refractivity contribution in [3.63, 3.8) is 0 Å². The van der Waals surface area contributed by atoms with E-state index >= 15 is 0 Å². The van der Waals surface area contributed by atoms with E-state index < -0.39 is 0 Å². The van der Waals surface area contributed by atoms with E-state index in [9.17, 15) is 4.79 Å². The molecule has 0 aliphatic carbocycles. The first-order chi connectivity index (χ1) is 7.77. The molecule has 1 aromatic heterocycles. The van der Waals surface area contributed by atoms with Crippen molar-refractivity contribution in [3.8, 4) is 12.3 Å². The van der Waals surface area contributed by atoms with Crippen LogP contribution in [0.15, 0.2) is 29.1 Å². The van der Waals surface area contributed by atoms with Gasteiger partial charge in [0.1, 0.15) is 0 Å². The molecule has 2 rings (SSSR count). The van der Waals surface area contributed by atoms with Crippen molar-refractivity contribution in [3.05, 3.63) is 34.6 Å². The van der Waals surface area contributed by atoms with Gasteiger partial charge >= 0.3 is 0 Å². The summed E-state index contributed by atoms with van der Waals surface area (Å²) in [7, 11) is 0. The predicted molar refractivity (Wildman–Crippen MR) is 68.9 cm³/mol. The number of benzene rings is 1. The lowest BCUT2D eigenvalue weighted by molar-refractivity contribution is 0.523. The molecule has 0 N–H and O–H groups in total. The molecule has 0 aliphatic rings. The van der Waals surface area contributed by atoms with E-state index in [4.69, 9.17) is 6.42 Å². The Morgan fingerprint density at radius 2 is 2.25 bits per heavy atom. The molecule has 2 aromatic rings. The lowest BCUT2D eigenvalue weighted by Crippen LogP contribution is -2.18. The Hall–Kier alpha value is -1.53. The molecular weight excluding hydrogens is 218 g/mol. The highest BCUT2D eigenvalue weighted by Gasteiger charge is 2.13. The highest BCUT2D eigenvalue weighted by atomic mass is 32.1. The highest BCUT2D eigenvalue weighted by molar-refractivity contribution is 7.13. The molecule has 1 atom stereocenters. The first-order valence-corrected chi connectivity index (χ1v) is 6.09. The predicted octanol–water partition coefficient (Wildman–Crippen LogP) is 3.04. The van der Waals surface area contributed by atoms with E-state index in [-0.39, 0.29) is 11.6 Å². The van der Waals surface area contributed by atoms with Crippen molar-refractivity contribution >= 4 is 21.6 Å². The Balaban J connectivity index is 2.57. The Labute approximate surface area is 98.7 Å². The van der Waals surface area contributed by atoms with E-state index in [1.807, 2.05) is 28.2 Å². The van der Waals surface area contributed by atoms with Crippen molar-refractivity contribution < 1.29 is 0 Å². The number of nitrogens with zero attached hydrogens (tertiary/aromatic N) is 1. The minimum absolute atomic E-state index is 0.0858. The van der Waals surface area contributed by atoms with Crippen LogP contribution in [0.3, 0.4) is 0 Å². The van der Waals surface area contributed by atoms with Gasteiger partial charge in [-0.2, -0.15) is 0 Å². The zero-order chi connectivity index (χ0) is 11.5. The van der Waals surface area contributed by atoms with Gasteiger partial charge in [-0.15, -0.1) is 12.3 Å². The van der Waals surface area contributed by atoms with Crippen LogP contribution in [0.2, 0.25) is 0 Å². The summed E-state index contributed by atoms with van der Waals surface area (Å²) < 4.78 is 2.84. The molecule has 3 heteroatoms. The standard InChI is InChI=1S/C13H13NOS/c1-3-7-10(4-2)14-13(15)11-8-5-6-9-12(11)16-14/h1,5-6,8-10H,4,7H2,2H3. The zero-order valence-corrected chi connectivity index (χ0v) is 9.96. The first kappa shape index (κ1) is 11.0. The van der Waals surface area contributed by atoms with Crippen molar-refractivity contribution in [2.45, 2.75) is 25.8 Å². The number of hydrogen-bond donors (Lipinski definition) is 0. The van der Waals surface area contributed by atoms with Crippen molar-refractivity contribution in [2.75, 3.05) is 0 Å². The molecule has 0 spiro atoms. The Morgan fingerprint density at radius 3 is 2.88 bits per heavy atom. The van der Waals surface area contributed by atoms with Crippen LogP contribution in [-0.4, -0.2) is 3.96 Å². The molecule has 0 saturated carbocycles. The summed E-state index contributed by atoms with van der Waals surface area (Å²) in [4.78, 5) is 12.1. The summed E-state index contributed by atoms with van der Waals surface area (Å²) in [6.07, 6.45) is 6.83. The van der Waals surface area contributed by atoms with Gasteiger partial charge in [-0.05, 0) is 18.6 Å². The maximum Gasteiger partial charge on any atom is 0.268 e. The first-order valence-electron chi connectivity index (χ1n) is 5.32. The largest absolute Gasteiger partial charge is 0.268 e. The zero-order valence-electron chi connectivity index (χ0n) is 9.14. The molecule has 82 valence electrons. The van der Waals surface area contributed by atoms with Gasteiger partial charge in [-0.3, -0.25) is 8.75 Å². The minimum Gasteiger partial charge on any atom is -0.268 e. The summed E-state index contributed by atoms with van der Waals surface area (Å²) in [5.41, 5.74) is 0.0858. The molecule has 0 bridgehead atoms. The second-order valence-electron chi connectivity index (χ2n) is 3.69. The molecule has 1 aromatic carbocycles. The molecule has 0 aliphatic heterocycles. The van der Waals surface area contributed by atoms with Gasteiger partial charge in [0, 0.05) is 6.42 Å². The lowest BCUT2D eigenvalue weighted by Gasteiger charge is -2.10. The molecule has 1 unspecified atom stereocenters. The van der Waals surface area contributed by atoms with Crippen LogP contribution >= 0.6 is 11.5 Å². The molecule has 0 fully saturated rings. The van der Waals surface area contributed by atoms with Crippen LogP contribution in [0.25, 0.3) is 10.1 Å². The molecule has 2 nitrogen and oxygen atoms in total. The van der Waals surface area contributed by atoms with Crippen LogP contribution < -0.4 is 5.56 Å². The summed E-state index contributed by atoms with van der Waals surface area (Å²) in [6, 6.07) is 7.82. The molecule has 0 saturated heterocycles. The lowest BCUT2D eigenvalue weighted by atomic mass is 10.2. The average molecular weight is 231 g/mol. The van der Waals surface area contributed by atoms with Crippen molar-refractivity contribution in [1.82, 2.24) is 3.96 Å². The van der Waals surface area contributed by atoms with Gasteiger partial charge in [0.2, 0.25) is 0 Å². The molecular formula is C13H13NOS. The quantitative estimate of drug-likeness (QED) is 0.744. The maximum absolute atomic E-state index is 12.1. The van der Waals surface area contributed by atoms with E-state index in [2.05, 4.69) is 12.8 Å². The second kappa shape index (κ2) is 4.54. The SMILES string of the molecule is C#CCC(CC)n1sc2ccccc2c1=O. The maximum atomic E-state index is 12.1. The number of terminal acetylenes is 1. The van der Waals surface area contributed by atoms with Crippen molar-refractivity contribution in [1.29, 1.82) is 0 Å². The average Bonchev–Trinajstić information content (AvgIpc) is 2.64. The van der Waals surface area contributed by atoms with E-state index in [0.29, 0.717) is 6.42 Å². The van der Waals surface area contributed by atoms with Crippen LogP contribution in [0.4, 0.5) is 0 Å². The molecule has 0 amide bonds. The number of hydrogen-bond acceptors (Lipinski definition) is 2. The van der Waals surface area contributed by atoms with Crippen LogP contribution in [-0.2, 0) is 0 Å². The third-order valence-electron chi connectivity index (χ3n) is 2.67. The Kier molecular flexibility index (Phi) is 3.12. The topological polar surface area (TPSA) is 22.0 Å².